The molecule has 0 radical (unpaired) electrons. The number of nitriles is 1. The molecule has 1 heterocycles. The highest BCUT2D eigenvalue weighted by atomic mass is 35.5. The molecule has 9 heteroatoms. The molecule has 0 spiro atoms. The van der Waals surface area contributed by atoms with E-state index in [1.165, 1.54) is 11.9 Å². The van der Waals surface area contributed by atoms with Gasteiger partial charge in [-0.1, -0.05) is 49.5 Å². The van der Waals surface area contributed by atoms with Crippen LogP contribution in [0.3, 0.4) is 0 Å². The maximum absolute atomic E-state index is 14.5. The Labute approximate surface area is 213 Å². The first kappa shape index (κ1) is 26.0. The Kier molecular flexibility index (Phi) is 8.90. The van der Waals surface area contributed by atoms with Gasteiger partial charge in [-0.25, -0.2) is 9.37 Å². The molecule has 0 saturated carbocycles. The van der Waals surface area contributed by atoms with Crippen LogP contribution in [0.4, 0.5) is 10.2 Å². The molecule has 0 aliphatic heterocycles. The van der Waals surface area contributed by atoms with Crippen LogP contribution in [0.1, 0.15) is 36.1 Å². The average molecular weight is 520 g/mol. The van der Waals surface area contributed by atoms with E-state index in [0.29, 0.717) is 33.5 Å². The second-order valence-corrected chi connectivity index (χ2v) is 9.26. The number of ether oxygens (including phenoxy) is 2. The minimum atomic E-state index is -0.450. The van der Waals surface area contributed by atoms with Crippen molar-refractivity contribution in [3.05, 3.63) is 81.8 Å². The predicted octanol–water partition coefficient (Wildman–Crippen LogP) is 6.96. The van der Waals surface area contributed by atoms with Crippen molar-refractivity contribution in [2.24, 2.45) is 0 Å². The number of rotatable bonds is 10. The van der Waals surface area contributed by atoms with Crippen molar-refractivity contribution in [3.63, 3.8) is 0 Å². The summed E-state index contributed by atoms with van der Waals surface area (Å²) in [5.41, 5.74) is 2.18. The number of alkyl halides is 1. The molecular weight excluding hydrogens is 496 g/mol. The smallest absolute Gasteiger partial charge is 0.172 e. The van der Waals surface area contributed by atoms with Gasteiger partial charge in [0, 0.05) is 23.4 Å². The number of aromatic nitrogens is 1. The first-order valence-corrected chi connectivity index (χ1v) is 12.5. The van der Waals surface area contributed by atoms with Crippen molar-refractivity contribution in [3.8, 4) is 17.6 Å². The molecule has 0 fully saturated rings. The second kappa shape index (κ2) is 11.7. The van der Waals surface area contributed by atoms with E-state index in [1.807, 2.05) is 44.2 Å². The van der Waals surface area contributed by atoms with Crippen molar-refractivity contribution in [2.45, 2.75) is 25.9 Å². The minimum absolute atomic E-state index is 0.0745. The van der Waals surface area contributed by atoms with Gasteiger partial charge in [-0.2, -0.15) is 5.26 Å². The SMILES string of the molecule is CSNc1nccc(COc2ccc(C(C)(C)c3cc(Cl)c(OCCCl)c(C#N)c3)cc2)c1F. The van der Waals surface area contributed by atoms with Gasteiger partial charge in [-0.3, -0.25) is 0 Å². The summed E-state index contributed by atoms with van der Waals surface area (Å²) in [5, 5.41) is 9.95. The number of hydrogen-bond acceptors (Lipinski definition) is 6. The number of nitrogens with zero attached hydrogens (tertiary/aromatic N) is 2. The molecule has 0 amide bonds. The van der Waals surface area contributed by atoms with Gasteiger partial charge < -0.3 is 14.2 Å². The Morgan fingerprint density at radius 2 is 1.88 bits per heavy atom. The molecule has 0 saturated heterocycles. The Morgan fingerprint density at radius 1 is 1.15 bits per heavy atom. The van der Waals surface area contributed by atoms with Crippen LogP contribution >= 0.6 is 35.1 Å². The number of benzene rings is 2. The molecule has 1 aromatic heterocycles. The molecule has 178 valence electrons. The van der Waals surface area contributed by atoms with Gasteiger partial charge >= 0.3 is 0 Å². The van der Waals surface area contributed by atoms with E-state index in [1.54, 1.807) is 24.6 Å². The molecule has 0 aliphatic carbocycles. The number of halogens is 3. The number of anilines is 1. The maximum atomic E-state index is 14.5. The van der Waals surface area contributed by atoms with Crippen LogP contribution in [-0.2, 0) is 12.0 Å². The molecular formula is C25H24Cl2FN3O2S. The van der Waals surface area contributed by atoms with Gasteiger partial charge in [-0.05, 0) is 41.5 Å². The summed E-state index contributed by atoms with van der Waals surface area (Å²) < 4.78 is 28.7. The summed E-state index contributed by atoms with van der Waals surface area (Å²) in [7, 11) is 0. The predicted molar refractivity (Wildman–Crippen MR) is 137 cm³/mol. The highest BCUT2D eigenvalue weighted by Crippen LogP contribution is 2.38. The van der Waals surface area contributed by atoms with Crippen LogP contribution in [0.15, 0.2) is 48.7 Å². The van der Waals surface area contributed by atoms with Crippen LogP contribution in [0.25, 0.3) is 0 Å². The quantitative estimate of drug-likeness (QED) is 0.230. The van der Waals surface area contributed by atoms with Gasteiger partial charge in [0.25, 0.3) is 0 Å². The number of hydrogen-bond donors (Lipinski definition) is 1. The number of nitrogens with one attached hydrogen (secondary N) is 1. The topological polar surface area (TPSA) is 67.2 Å². The third kappa shape index (κ3) is 5.87. The van der Waals surface area contributed by atoms with Gasteiger partial charge in [0.1, 0.15) is 25.0 Å². The fraction of sp³-hybridized carbons (Fsp3) is 0.280. The van der Waals surface area contributed by atoms with Crippen molar-refractivity contribution < 1.29 is 13.9 Å². The van der Waals surface area contributed by atoms with E-state index in [9.17, 15) is 9.65 Å². The molecule has 34 heavy (non-hydrogen) atoms. The summed E-state index contributed by atoms with van der Waals surface area (Å²) in [6, 6.07) is 14.9. The summed E-state index contributed by atoms with van der Waals surface area (Å²) in [4.78, 5) is 3.98. The molecule has 3 rings (SSSR count). The fourth-order valence-electron chi connectivity index (χ4n) is 3.38. The largest absolute Gasteiger partial charge is 0.489 e. The first-order valence-electron chi connectivity index (χ1n) is 10.4. The van der Waals surface area contributed by atoms with Crippen molar-refractivity contribution in [1.29, 1.82) is 5.26 Å². The van der Waals surface area contributed by atoms with E-state index in [-0.39, 0.29) is 19.0 Å². The van der Waals surface area contributed by atoms with Gasteiger partial charge in [-0.15, -0.1) is 11.6 Å². The van der Waals surface area contributed by atoms with Gasteiger partial charge in [0.05, 0.1) is 16.5 Å². The van der Waals surface area contributed by atoms with Crippen molar-refractivity contribution in [1.82, 2.24) is 4.98 Å². The van der Waals surface area contributed by atoms with Crippen LogP contribution in [0.5, 0.6) is 11.5 Å². The van der Waals surface area contributed by atoms with Gasteiger partial charge in [0.15, 0.2) is 17.4 Å². The van der Waals surface area contributed by atoms with Crippen LogP contribution < -0.4 is 14.2 Å². The zero-order valence-electron chi connectivity index (χ0n) is 19.0. The summed E-state index contributed by atoms with van der Waals surface area (Å²) in [6.07, 6.45) is 3.34. The monoisotopic (exact) mass is 519 g/mol. The fourth-order valence-corrected chi connectivity index (χ4v) is 4.07. The lowest BCUT2D eigenvalue weighted by atomic mass is 9.77. The maximum Gasteiger partial charge on any atom is 0.172 e. The Morgan fingerprint density at radius 3 is 2.53 bits per heavy atom. The number of pyridine rings is 1. The van der Waals surface area contributed by atoms with E-state index in [0.717, 1.165) is 11.1 Å². The second-order valence-electron chi connectivity index (χ2n) is 7.86. The van der Waals surface area contributed by atoms with Crippen LogP contribution in [0.2, 0.25) is 5.02 Å². The third-order valence-electron chi connectivity index (χ3n) is 5.35. The van der Waals surface area contributed by atoms with E-state index in [4.69, 9.17) is 32.7 Å². The molecule has 0 unspecified atom stereocenters. The highest BCUT2D eigenvalue weighted by molar-refractivity contribution is 7.99. The summed E-state index contributed by atoms with van der Waals surface area (Å²) in [5.74, 6) is 0.994. The minimum Gasteiger partial charge on any atom is -0.489 e. The molecule has 0 aliphatic rings. The Balaban J connectivity index is 1.78. The zero-order chi connectivity index (χ0) is 24.7. The Hall–Kier alpha value is -2.66. The van der Waals surface area contributed by atoms with Crippen LogP contribution in [0, 0.1) is 17.1 Å². The lowest BCUT2D eigenvalue weighted by molar-refractivity contribution is 0.299. The van der Waals surface area contributed by atoms with Crippen LogP contribution in [-0.4, -0.2) is 23.7 Å². The lowest BCUT2D eigenvalue weighted by Crippen LogP contribution is -2.19. The summed E-state index contributed by atoms with van der Waals surface area (Å²) >= 11 is 13.4. The normalized spacial score (nSPS) is 11.1. The van der Waals surface area contributed by atoms with E-state index >= 15 is 0 Å². The van der Waals surface area contributed by atoms with Crippen molar-refractivity contribution in [2.75, 3.05) is 23.5 Å². The molecule has 2 aromatic carbocycles. The molecule has 3 aromatic rings. The zero-order valence-corrected chi connectivity index (χ0v) is 21.3. The van der Waals surface area contributed by atoms with E-state index < -0.39 is 11.2 Å². The molecule has 1 N–H and O–H groups in total. The first-order chi connectivity index (χ1) is 16.3. The average Bonchev–Trinajstić information content (AvgIpc) is 2.83. The summed E-state index contributed by atoms with van der Waals surface area (Å²) in [6.45, 7) is 4.42. The third-order valence-corrected chi connectivity index (χ3v) is 6.18. The van der Waals surface area contributed by atoms with Crippen molar-refractivity contribution >= 4 is 41.0 Å². The highest BCUT2D eigenvalue weighted by Gasteiger charge is 2.26. The standard InChI is InChI=1S/C25H24Cl2FN3O2S/c1-25(2,19-12-17(14-29)23(21(27)13-19)32-11-9-26)18-4-6-20(7-5-18)33-15-16-8-10-30-24(22(16)28)31-34-3/h4-8,10,12-13H,9,11,15H2,1-3H3,(H,30,31). The molecule has 5 nitrogen and oxygen atoms in total. The Bertz CT molecular complexity index is 1180. The molecule has 0 atom stereocenters. The van der Waals surface area contributed by atoms with E-state index in [2.05, 4.69) is 15.8 Å². The lowest BCUT2D eigenvalue weighted by Gasteiger charge is -2.27. The molecule has 0 bridgehead atoms. The van der Waals surface area contributed by atoms with Gasteiger partial charge in [0.2, 0.25) is 0 Å².